The summed E-state index contributed by atoms with van der Waals surface area (Å²) >= 11 is 4.75. The van der Waals surface area contributed by atoms with E-state index in [0.717, 1.165) is 27.5 Å². The van der Waals surface area contributed by atoms with E-state index in [1.165, 1.54) is 23.5 Å². The third-order valence-corrected chi connectivity index (χ3v) is 5.80. The molecule has 1 fully saturated rings. The van der Waals surface area contributed by atoms with Gasteiger partial charge in [0.25, 0.3) is 11.1 Å². The molecule has 0 unspecified atom stereocenters. The topological polar surface area (TPSA) is 42.4 Å². The number of thiazole rings is 1. The van der Waals surface area contributed by atoms with Gasteiger partial charge in [0.1, 0.15) is 11.9 Å². The number of hydrogen-bond acceptors (Lipinski definition) is 4. The Morgan fingerprint density at radius 1 is 1.23 bits per heavy atom. The van der Waals surface area contributed by atoms with E-state index in [-0.39, 0.29) is 17.8 Å². The van der Waals surface area contributed by atoms with E-state index < -0.39 is 0 Å². The van der Waals surface area contributed by atoms with Crippen molar-refractivity contribution in [2.75, 3.05) is 13.1 Å². The zero-order valence-electron chi connectivity index (χ0n) is 13.8. The summed E-state index contributed by atoms with van der Waals surface area (Å²) in [6.07, 6.45) is 1.53. The lowest BCUT2D eigenvalue weighted by molar-refractivity contribution is 0.0595. The molecule has 134 valence electrons. The van der Waals surface area contributed by atoms with E-state index in [4.69, 9.17) is 4.74 Å². The molecule has 0 saturated carbocycles. The van der Waals surface area contributed by atoms with E-state index in [1.54, 1.807) is 6.07 Å². The standard InChI is InChI=1S/C19H16BrFN2O2S/c20-13-3-1-2-12(10-13)18(24)23-8-6-15(7-9-23)25-19-22-16-5-4-14(21)11-17(16)26-19/h1-5,10-11,15H,6-9H2. The number of halogens is 2. The minimum atomic E-state index is -0.271. The van der Waals surface area contributed by atoms with E-state index in [0.29, 0.717) is 23.8 Å². The highest BCUT2D eigenvalue weighted by atomic mass is 79.9. The van der Waals surface area contributed by atoms with Crippen LogP contribution in [0.1, 0.15) is 23.2 Å². The Kier molecular flexibility index (Phi) is 4.91. The van der Waals surface area contributed by atoms with Crippen LogP contribution in [0, 0.1) is 5.82 Å². The molecule has 1 aliphatic heterocycles. The maximum atomic E-state index is 13.3. The third-order valence-electron chi connectivity index (χ3n) is 4.40. The van der Waals surface area contributed by atoms with Gasteiger partial charge in [0.05, 0.1) is 10.2 Å². The first kappa shape index (κ1) is 17.4. The van der Waals surface area contributed by atoms with Gasteiger partial charge in [-0.3, -0.25) is 4.79 Å². The molecule has 0 atom stereocenters. The normalized spacial score (nSPS) is 15.4. The van der Waals surface area contributed by atoms with E-state index in [9.17, 15) is 9.18 Å². The first-order chi connectivity index (χ1) is 12.6. The monoisotopic (exact) mass is 434 g/mol. The first-order valence-corrected chi connectivity index (χ1v) is 9.97. The molecule has 0 spiro atoms. The Balaban J connectivity index is 1.37. The van der Waals surface area contributed by atoms with Gasteiger partial charge in [-0.1, -0.05) is 33.3 Å². The Hall–Kier alpha value is -1.99. The lowest BCUT2D eigenvalue weighted by atomic mass is 10.1. The largest absolute Gasteiger partial charge is 0.467 e. The maximum Gasteiger partial charge on any atom is 0.274 e. The second-order valence-electron chi connectivity index (χ2n) is 6.21. The fraction of sp³-hybridized carbons (Fsp3) is 0.263. The van der Waals surface area contributed by atoms with Gasteiger partial charge in [-0.25, -0.2) is 9.37 Å². The summed E-state index contributed by atoms with van der Waals surface area (Å²) in [5.74, 6) is -0.229. The average molecular weight is 435 g/mol. The molecule has 1 aliphatic rings. The number of rotatable bonds is 3. The minimum Gasteiger partial charge on any atom is -0.467 e. The summed E-state index contributed by atoms with van der Waals surface area (Å²) in [5.41, 5.74) is 1.43. The number of nitrogens with zero attached hydrogens (tertiary/aromatic N) is 2. The number of aromatic nitrogens is 1. The van der Waals surface area contributed by atoms with Crippen molar-refractivity contribution >= 4 is 43.4 Å². The minimum absolute atomic E-state index is 0.0203. The third kappa shape index (κ3) is 3.73. The molecule has 2 heterocycles. The summed E-state index contributed by atoms with van der Waals surface area (Å²) in [6, 6.07) is 12.0. The van der Waals surface area contributed by atoms with Crippen LogP contribution in [0.2, 0.25) is 0 Å². The van der Waals surface area contributed by atoms with Crippen LogP contribution in [-0.4, -0.2) is 35.0 Å². The highest BCUT2D eigenvalue weighted by Gasteiger charge is 2.25. The van der Waals surface area contributed by atoms with Crippen LogP contribution in [0.5, 0.6) is 5.19 Å². The number of likely N-dealkylation sites (tertiary alicyclic amines) is 1. The second kappa shape index (κ2) is 7.32. The molecule has 2 aromatic carbocycles. The van der Waals surface area contributed by atoms with Crippen molar-refractivity contribution < 1.29 is 13.9 Å². The molecule has 0 bridgehead atoms. The van der Waals surface area contributed by atoms with Gasteiger partial charge < -0.3 is 9.64 Å². The van der Waals surface area contributed by atoms with E-state index in [1.807, 2.05) is 29.2 Å². The molecule has 4 nitrogen and oxygen atoms in total. The Morgan fingerprint density at radius 3 is 2.81 bits per heavy atom. The smallest absolute Gasteiger partial charge is 0.274 e. The summed E-state index contributed by atoms with van der Waals surface area (Å²) in [6.45, 7) is 1.30. The van der Waals surface area contributed by atoms with Crippen LogP contribution >= 0.6 is 27.3 Å². The van der Waals surface area contributed by atoms with Crippen molar-refractivity contribution in [3.05, 3.63) is 58.3 Å². The number of amides is 1. The summed E-state index contributed by atoms with van der Waals surface area (Å²) in [5, 5.41) is 0.558. The molecule has 1 saturated heterocycles. The lowest BCUT2D eigenvalue weighted by Crippen LogP contribution is -2.41. The number of fused-ring (bicyclic) bond motifs is 1. The molecule has 4 rings (SSSR count). The molecule has 0 N–H and O–H groups in total. The molecule has 0 radical (unpaired) electrons. The Morgan fingerprint density at radius 2 is 2.04 bits per heavy atom. The van der Waals surface area contributed by atoms with Gasteiger partial charge in [0, 0.05) is 36.0 Å². The van der Waals surface area contributed by atoms with E-state index in [2.05, 4.69) is 20.9 Å². The Labute approximate surface area is 162 Å². The SMILES string of the molecule is O=C(c1cccc(Br)c1)N1CCC(Oc2nc3ccc(F)cc3s2)CC1. The molecule has 1 amide bonds. The fourth-order valence-electron chi connectivity index (χ4n) is 3.05. The van der Waals surface area contributed by atoms with Gasteiger partial charge in [0.2, 0.25) is 0 Å². The number of piperidine rings is 1. The summed E-state index contributed by atoms with van der Waals surface area (Å²) in [4.78, 5) is 18.8. The molecule has 7 heteroatoms. The number of carbonyl (C=O) groups is 1. The van der Waals surface area contributed by atoms with Gasteiger partial charge in [0.15, 0.2) is 0 Å². The maximum absolute atomic E-state index is 13.3. The molecule has 26 heavy (non-hydrogen) atoms. The van der Waals surface area contributed by atoms with Gasteiger partial charge in [-0.2, -0.15) is 0 Å². The summed E-state index contributed by atoms with van der Waals surface area (Å²) < 4.78 is 20.9. The van der Waals surface area contributed by atoms with Gasteiger partial charge in [-0.05, 0) is 36.4 Å². The highest BCUT2D eigenvalue weighted by Crippen LogP contribution is 2.30. The molecule has 3 aromatic rings. The van der Waals surface area contributed by atoms with Crippen LogP contribution in [0.4, 0.5) is 4.39 Å². The fourth-order valence-corrected chi connectivity index (χ4v) is 4.36. The second-order valence-corrected chi connectivity index (χ2v) is 8.12. The van der Waals surface area contributed by atoms with Crippen molar-refractivity contribution in [2.24, 2.45) is 0 Å². The number of hydrogen-bond donors (Lipinski definition) is 0. The number of ether oxygens (including phenoxy) is 1. The van der Waals surface area contributed by atoms with Crippen molar-refractivity contribution in [3.8, 4) is 5.19 Å². The van der Waals surface area contributed by atoms with Crippen molar-refractivity contribution in [1.29, 1.82) is 0 Å². The number of carbonyl (C=O) groups excluding carboxylic acids is 1. The molecule has 1 aromatic heterocycles. The van der Waals surface area contributed by atoms with Crippen molar-refractivity contribution in [1.82, 2.24) is 9.88 Å². The number of benzene rings is 2. The van der Waals surface area contributed by atoms with Crippen LogP contribution in [0.3, 0.4) is 0 Å². The van der Waals surface area contributed by atoms with Crippen LogP contribution < -0.4 is 4.74 Å². The molecular formula is C19H16BrFN2O2S. The van der Waals surface area contributed by atoms with Crippen molar-refractivity contribution in [3.63, 3.8) is 0 Å². The van der Waals surface area contributed by atoms with Crippen LogP contribution in [0.25, 0.3) is 10.2 Å². The quantitative estimate of drug-likeness (QED) is 0.589. The zero-order chi connectivity index (χ0) is 18.1. The molecule has 0 aliphatic carbocycles. The van der Waals surface area contributed by atoms with Gasteiger partial charge in [-0.15, -0.1) is 0 Å². The molecular weight excluding hydrogens is 419 g/mol. The Bertz CT molecular complexity index is 954. The van der Waals surface area contributed by atoms with Crippen LogP contribution in [-0.2, 0) is 0 Å². The highest BCUT2D eigenvalue weighted by molar-refractivity contribution is 9.10. The first-order valence-electron chi connectivity index (χ1n) is 8.36. The average Bonchev–Trinajstić information content (AvgIpc) is 3.03. The lowest BCUT2D eigenvalue weighted by Gasteiger charge is -2.31. The van der Waals surface area contributed by atoms with Crippen molar-refractivity contribution in [2.45, 2.75) is 18.9 Å². The predicted octanol–water partition coefficient (Wildman–Crippen LogP) is 4.88. The van der Waals surface area contributed by atoms with Gasteiger partial charge >= 0.3 is 0 Å². The van der Waals surface area contributed by atoms with Crippen LogP contribution in [0.15, 0.2) is 46.9 Å². The van der Waals surface area contributed by atoms with E-state index >= 15 is 0 Å². The zero-order valence-corrected chi connectivity index (χ0v) is 16.2. The predicted molar refractivity (Wildman–Crippen MR) is 103 cm³/mol. The summed E-state index contributed by atoms with van der Waals surface area (Å²) in [7, 11) is 0.